The van der Waals surface area contributed by atoms with Gasteiger partial charge in [-0.25, -0.2) is 4.98 Å². The Kier molecular flexibility index (Phi) is 7.31. The van der Waals surface area contributed by atoms with Crippen molar-refractivity contribution < 1.29 is 40.6 Å². The zero-order chi connectivity index (χ0) is 24.1. The number of carbonyl (C=O) groups excluding carboxylic acids is 1. The fourth-order valence-corrected chi connectivity index (χ4v) is 2.98. The molecule has 0 aliphatic heterocycles. The minimum absolute atomic E-state index is 0.247. The summed E-state index contributed by atoms with van der Waals surface area (Å²) >= 11 is 0. The van der Waals surface area contributed by atoms with Gasteiger partial charge in [-0.1, -0.05) is 24.3 Å². The Morgan fingerprint density at radius 2 is 1.79 bits per heavy atom. The van der Waals surface area contributed by atoms with Crippen molar-refractivity contribution >= 4 is 22.9 Å². The molecule has 2 aromatic carbocycles. The molecule has 3 N–H and O–H groups in total. The Morgan fingerprint density at radius 1 is 1.03 bits per heavy atom. The first-order valence-electron chi connectivity index (χ1n) is 9.53. The summed E-state index contributed by atoms with van der Waals surface area (Å²) in [5.41, 5.74) is 1.56. The van der Waals surface area contributed by atoms with Crippen LogP contribution in [-0.2, 0) is 9.53 Å². The molecule has 0 saturated heterocycles. The van der Waals surface area contributed by atoms with Crippen molar-refractivity contribution in [1.82, 2.24) is 15.3 Å². The summed E-state index contributed by atoms with van der Waals surface area (Å²) in [6.07, 6.45) is -10.1. The zero-order valence-corrected chi connectivity index (χ0v) is 16.8. The smallest absolute Gasteiger partial charge is 0.406 e. The highest BCUT2D eigenvalue weighted by Crippen LogP contribution is 2.29. The van der Waals surface area contributed by atoms with Gasteiger partial charge in [0.15, 0.2) is 0 Å². The van der Waals surface area contributed by atoms with E-state index in [0.29, 0.717) is 11.0 Å². The molecule has 3 rings (SSSR count). The average molecular weight is 476 g/mol. The first-order valence-corrected chi connectivity index (χ1v) is 9.53. The molecule has 0 radical (unpaired) electrons. The minimum Gasteiger partial charge on any atom is -0.406 e. The standard InChI is InChI=1S/C20H18F6N4O3/c21-19(22,23)32-9-8-27-17(31)11-16(12-4-3-5-13(10-12)33-20(24,25)26)30-18-28-14-6-1-2-7-15(14)29-18/h1-7,10,16H,8-9,11H2,(H,27,31)(H2,28,29,30). The number of nitrogens with zero attached hydrogens (tertiary/aromatic N) is 1. The quantitative estimate of drug-likeness (QED) is 0.309. The molecule has 178 valence electrons. The normalized spacial score (nSPS) is 13.0. The number of carbonyl (C=O) groups is 1. The van der Waals surface area contributed by atoms with E-state index in [4.69, 9.17) is 0 Å². The lowest BCUT2D eigenvalue weighted by atomic mass is 10.0. The van der Waals surface area contributed by atoms with Gasteiger partial charge in [0, 0.05) is 6.54 Å². The lowest BCUT2D eigenvalue weighted by Crippen LogP contribution is -2.31. The number of halogens is 6. The van der Waals surface area contributed by atoms with E-state index >= 15 is 0 Å². The first-order chi connectivity index (χ1) is 15.5. The molecule has 1 amide bonds. The monoisotopic (exact) mass is 476 g/mol. The van der Waals surface area contributed by atoms with Crippen molar-refractivity contribution in [3.05, 3.63) is 54.1 Å². The number of hydrogen-bond acceptors (Lipinski definition) is 5. The maximum Gasteiger partial charge on any atom is 0.573 e. The maximum atomic E-state index is 12.6. The molecule has 33 heavy (non-hydrogen) atoms. The molecule has 13 heteroatoms. The van der Waals surface area contributed by atoms with Crippen molar-refractivity contribution in [2.24, 2.45) is 0 Å². The molecular formula is C20H18F6N4O3. The third kappa shape index (κ3) is 7.86. The van der Waals surface area contributed by atoms with E-state index in [2.05, 4.69) is 30.1 Å². The average Bonchev–Trinajstić information content (AvgIpc) is 3.11. The molecule has 7 nitrogen and oxygen atoms in total. The van der Waals surface area contributed by atoms with Crippen molar-refractivity contribution in [2.45, 2.75) is 25.2 Å². The van der Waals surface area contributed by atoms with Crippen LogP contribution in [0.5, 0.6) is 5.75 Å². The Bertz CT molecular complexity index is 1050. The summed E-state index contributed by atoms with van der Waals surface area (Å²) in [5.74, 6) is -0.900. The molecule has 1 aromatic heterocycles. The summed E-state index contributed by atoms with van der Waals surface area (Å²) in [5, 5.41) is 5.22. The Labute approximate surface area is 183 Å². The van der Waals surface area contributed by atoms with Gasteiger partial charge < -0.3 is 20.4 Å². The van der Waals surface area contributed by atoms with Crippen LogP contribution in [0.4, 0.5) is 32.3 Å². The number of aromatic amines is 1. The van der Waals surface area contributed by atoms with Crippen LogP contribution in [0.1, 0.15) is 18.0 Å². The molecule has 1 atom stereocenters. The molecule has 0 saturated carbocycles. The van der Waals surface area contributed by atoms with Gasteiger partial charge in [-0.15, -0.1) is 26.3 Å². The number of hydrogen-bond donors (Lipinski definition) is 3. The van der Waals surface area contributed by atoms with Gasteiger partial charge in [-0.05, 0) is 29.8 Å². The molecule has 0 fully saturated rings. The van der Waals surface area contributed by atoms with E-state index in [1.165, 1.54) is 12.1 Å². The summed E-state index contributed by atoms with van der Waals surface area (Å²) in [6.45, 7) is -1.20. The number of aromatic nitrogens is 2. The van der Waals surface area contributed by atoms with Crippen LogP contribution in [0, 0.1) is 0 Å². The predicted octanol–water partition coefficient (Wildman–Crippen LogP) is 4.66. The van der Waals surface area contributed by atoms with Gasteiger partial charge in [0.1, 0.15) is 5.75 Å². The minimum atomic E-state index is -4.91. The van der Waals surface area contributed by atoms with Crippen LogP contribution in [0.3, 0.4) is 0 Å². The van der Waals surface area contributed by atoms with Crippen molar-refractivity contribution in [2.75, 3.05) is 18.5 Å². The van der Waals surface area contributed by atoms with Gasteiger partial charge >= 0.3 is 12.7 Å². The van der Waals surface area contributed by atoms with E-state index in [9.17, 15) is 31.1 Å². The zero-order valence-electron chi connectivity index (χ0n) is 16.8. The fraction of sp³-hybridized carbons (Fsp3) is 0.300. The second kappa shape index (κ2) is 9.98. The lowest BCUT2D eigenvalue weighted by Gasteiger charge is -2.20. The van der Waals surface area contributed by atoms with Crippen molar-refractivity contribution in [1.29, 1.82) is 0 Å². The van der Waals surface area contributed by atoms with E-state index in [1.807, 2.05) is 0 Å². The number of imidazole rings is 1. The van der Waals surface area contributed by atoms with E-state index in [-0.39, 0.29) is 17.9 Å². The number of amides is 1. The van der Waals surface area contributed by atoms with Gasteiger partial charge in [0.05, 0.1) is 30.1 Å². The number of ether oxygens (including phenoxy) is 2. The maximum absolute atomic E-state index is 12.6. The molecule has 3 aromatic rings. The van der Waals surface area contributed by atoms with Crippen LogP contribution in [0.15, 0.2) is 48.5 Å². The second-order valence-electron chi connectivity index (χ2n) is 6.77. The number of fused-ring (bicyclic) bond motifs is 1. The van der Waals surface area contributed by atoms with Gasteiger partial charge in [0.2, 0.25) is 11.9 Å². The third-order valence-electron chi connectivity index (χ3n) is 4.27. The molecule has 0 spiro atoms. The number of rotatable bonds is 9. The number of para-hydroxylation sites is 2. The van der Waals surface area contributed by atoms with E-state index < -0.39 is 43.6 Å². The molecular weight excluding hydrogens is 458 g/mol. The Hall–Kier alpha value is -3.48. The summed E-state index contributed by atoms with van der Waals surface area (Å²) in [4.78, 5) is 19.6. The van der Waals surface area contributed by atoms with Gasteiger partial charge in [0.25, 0.3) is 0 Å². The van der Waals surface area contributed by atoms with E-state index in [1.54, 1.807) is 24.3 Å². The van der Waals surface area contributed by atoms with Gasteiger partial charge in [-0.3, -0.25) is 9.53 Å². The molecule has 0 bridgehead atoms. The number of benzene rings is 2. The molecule has 1 unspecified atom stereocenters. The SMILES string of the molecule is O=C(CC(Nc1nc2ccccc2[nH]1)c1cccc(OC(F)(F)F)c1)NCCOC(F)(F)F. The van der Waals surface area contributed by atoms with Crippen molar-refractivity contribution in [3.63, 3.8) is 0 Å². The highest BCUT2D eigenvalue weighted by atomic mass is 19.4. The highest BCUT2D eigenvalue weighted by Gasteiger charge is 2.31. The lowest BCUT2D eigenvalue weighted by molar-refractivity contribution is -0.323. The predicted molar refractivity (Wildman–Crippen MR) is 105 cm³/mol. The largest absolute Gasteiger partial charge is 0.573 e. The number of H-pyrrole nitrogens is 1. The molecule has 0 aliphatic carbocycles. The summed E-state index contributed by atoms with van der Waals surface area (Å²) < 4.78 is 81.5. The fourth-order valence-electron chi connectivity index (χ4n) is 2.98. The number of anilines is 1. The van der Waals surface area contributed by atoms with Crippen molar-refractivity contribution in [3.8, 4) is 5.75 Å². The van der Waals surface area contributed by atoms with Crippen LogP contribution in [0.2, 0.25) is 0 Å². The van der Waals surface area contributed by atoms with Crippen LogP contribution in [0.25, 0.3) is 11.0 Å². The van der Waals surface area contributed by atoms with Crippen LogP contribution < -0.4 is 15.4 Å². The summed E-state index contributed by atoms with van der Waals surface area (Å²) in [6, 6.07) is 11.1. The summed E-state index contributed by atoms with van der Waals surface area (Å²) in [7, 11) is 0. The molecule has 0 aliphatic rings. The van der Waals surface area contributed by atoms with Crippen LogP contribution >= 0.6 is 0 Å². The Balaban J connectivity index is 1.76. The molecule has 1 heterocycles. The second-order valence-corrected chi connectivity index (χ2v) is 6.77. The number of alkyl halides is 6. The Morgan fingerprint density at radius 3 is 2.48 bits per heavy atom. The first kappa shape index (κ1) is 24.2. The highest BCUT2D eigenvalue weighted by molar-refractivity contribution is 5.79. The third-order valence-corrected chi connectivity index (χ3v) is 4.27. The van der Waals surface area contributed by atoms with E-state index in [0.717, 1.165) is 12.1 Å². The van der Waals surface area contributed by atoms with Gasteiger partial charge in [-0.2, -0.15) is 0 Å². The number of nitrogens with one attached hydrogen (secondary N) is 3. The topological polar surface area (TPSA) is 88.3 Å². The van der Waals surface area contributed by atoms with Crippen LogP contribution in [-0.4, -0.2) is 41.8 Å².